The Hall–Kier alpha value is -13.5. The standard InChI is InChI=1S/C117H103N5/c1-113(2,3)79-55-60-97-92(66-79)93-67-80(114(4,5)6)56-61-98(93)120(97)86-57-58-89-100(70-86)122(112-91(74-40-24-17-25-41-74)72-104-109(106(112)76-44-28-19-29-45-76)88-51-35-37-53-96(88)119(104)85-48-32-21-33-49-85)102-69-83(117(13,14)15)68-101-110(102)107(89)94-64-77(78-62-81(115(7,8)9)65-82(63-78)116(10,11)12)54-59-99(94)121(101)111-90(73-38-22-16-23-39-73)71-103-108(105(111)75-42-26-18-27-43-75)87-50-34-36-52-95(87)118(103)84-46-30-20-31-47-84/h16-72,107H,1-15H3. The lowest BCUT2D eigenvalue weighted by atomic mass is 9.72. The molecule has 5 heterocycles. The van der Waals surface area contributed by atoms with Crippen LogP contribution in [0.1, 0.15) is 154 Å². The van der Waals surface area contributed by atoms with Crippen LogP contribution in [0.15, 0.2) is 346 Å². The number of para-hydroxylation sites is 4. The van der Waals surface area contributed by atoms with Crippen LogP contribution in [-0.4, -0.2) is 13.7 Å². The number of nitrogens with zero attached hydrogens (tertiary/aromatic N) is 5. The molecular formula is C117H103N5. The summed E-state index contributed by atoms with van der Waals surface area (Å²) < 4.78 is 7.62. The number of aromatic nitrogens is 3. The lowest BCUT2D eigenvalue weighted by Crippen LogP contribution is -2.31. The van der Waals surface area contributed by atoms with E-state index in [1.807, 2.05) is 0 Å². The monoisotopic (exact) mass is 1580 g/mol. The molecule has 5 nitrogen and oxygen atoms in total. The van der Waals surface area contributed by atoms with Crippen molar-refractivity contribution in [2.45, 2.75) is 137 Å². The van der Waals surface area contributed by atoms with Crippen LogP contribution in [0.25, 0.3) is 138 Å². The fourth-order valence-corrected chi connectivity index (χ4v) is 20.0. The summed E-state index contributed by atoms with van der Waals surface area (Å²) in [6, 6.07) is 133. The molecule has 2 aliphatic rings. The van der Waals surface area contributed by atoms with Crippen LogP contribution in [-0.2, 0) is 27.1 Å². The van der Waals surface area contributed by atoms with Crippen molar-refractivity contribution in [3.05, 3.63) is 390 Å². The van der Waals surface area contributed by atoms with E-state index >= 15 is 0 Å². The fourth-order valence-electron chi connectivity index (χ4n) is 20.0. The molecule has 0 radical (unpaired) electrons. The average Bonchev–Trinajstić information content (AvgIpc) is 1.04. The Morgan fingerprint density at radius 1 is 0.213 bits per heavy atom. The highest BCUT2D eigenvalue weighted by atomic mass is 15.2. The molecule has 596 valence electrons. The van der Waals surface area contributed by atoms with Crippen LogP contribution in [0.5, 0.6) is 0 Å². The second-order valence-corrected chi connectivity index (χ2v) is 39.3. The van der Waals surface area contributed by atoms with E-state index in [0.717, 1.165) is 118 Å². The number of rotatable bonds is 10. The Bertz CT molecular complexity index is 7310. The number of hydrogen-bond donors (Lipinski definition) is 0. The minimum Gasteiger partial charge on any atom is -0.309 e. The third-order valence-electron chi connectivity index (χ3n) is 26.3. The maximum atomic E-state index is 2.80. The first-order valence-corrected chi connectivity index (χ1v) is 43.6. The van der Waals surface area contributed by atoms with Crippen LogP contribution in [0.2, 0.25) is 0 Å². The van der Waals surface area contributed by atoms with Crippen LogP contribution >= 0.6 is 0 Å². The molecular weight excluding hydrogens is 1480 g/mol. The first kappa shape index (κ1) is 76.0. The van der Waals surface area contributed by atoms with Gasteiger partial charge in [-0.2, -0.15) is 0 Å². The van der Waals surface area contributed by atoms with Gasteiger partial charge < -0.3 is 23.5 Å². The van der Waals surface area contributed by atoms with Crippen LogP contribution in [0.4, 0.5) is 34.1 Å². The van der Waals surface area contributed by atoms with Crippen molar-refractivity contribution in [2.24, 2.45) is 0 Å². The molecule has 0 bridgehead atoms. The molecule has 2 aliphatic heterocycles. The summed E-state index contributed by atoms with van der Waals surface area (Å²) in [6.07, 6.45) is 0. The highest BCUT2D eigenvalue weighted by molar-refractivity contribution is 6.25. The van der Waals surface area contributed by atoms with Gasteiger partial charge in [0.25, 0.3) is 0 Å². The molecule has 21 rings (SSSR count). The van der Waals surface area contributed by atoms with Crippen molar-refractivity contribution >= 4 is 99.5 Å². The molecule has 1 unspecified atom stereocenters. The number of benzene rings is 16. The summed E-state index contributed by atoms with van der Waals surface area (Å²) in [4.78, 5) is 5.57. The molecule has 1 atom stereocenters. The smallest absolute Gasteiger partial charge is 0.0626 e. The zero-order chi connectivity index (χ0) is 83.8. The quantitative estimate of drug-likeness (QED) is 0.136. The Kier molecular flexibility index (Phi) is 17.5. The van der Waals surface area contributed by atoms with Gasteiger partial charge in [-0.15, -0.1) is 0 Å². The summed E-state index contributed by atoms with van der Waals surface area (Å²) in [5.74, 6) is -0.330. The molecule has 3 aromatic heterocycles. The van der Waals surface area contributed by atoms with E-state index in [4.69, 9.17) is 0 Å². The molecule has 5 heteroatoms. The zero-order valence-electron chi connectivity index (χ0n) is 72.7. The summed E-state index contributed by atoms with van der Waals surface area (Å²) in [6.45, 7) is 35.5. The van der Waals surface area contributed by atoms with E-state index < -0.39 is 5.41 Å². The lowest BCUT2D eigenvalue weighted by Gasteiger charge is -2.47. The van der Waals surface area contributed by atoms with Crippen LogP contribution < -0.4 is 9.80 Å². The third-order valence-corrected chi connectivity index (χ3v) is 26.3. The predicted octanol–water partition coefficient (Wildman–Crippen LogP) is 32.5. The largest absolute Gasteiger partial charge is 0.309 e. The fraction of sp³-hybridized carbons (Fsp3) is 0.179. The topological polar surface area (TPSA) is 21.3 Å². The molecule has 19 aromatic rings. The van der Waals surface area contributed by atoms with Crippen molar-refractivity contribution < 1.29 is 0 Å². The van der Waals surface area contributed by atoms with Gasteiger partial charge in [0.15, 0.2) is 0 Å². The minimum absolute atomic E-state index is 0.0894. The highest BCUT2D eigenvalue weighted by Crippen LogP contribution is 2.67. The van der Waals surface area contributed by atoms with Crippen molar-refractivity contribution in [2.75, 3.05) is 9.80 Å². The maximum Gasteiger partial charge on any atom is 0.0626 e. The van der Waals surface area contributed by atoms with Gasteiger partial charge in [-0.1, -0.05) is 340 Å². The Morgan fingerprint density at radius 3 is 1.01 bits per heavy atom. The van der Waals surface area contributed by atoms with E-state index in [9.17, 15) is 0 Å². The van der Waals surface area contributed by atoms with Gasteiger partial charge in [-0.05, 0) is 209 Å². The van der Waals surface area contributed by atoms with Gasteiger partial charge in [0.2, 0.25) is 0 Å². The average molecular weight is 1580 g/mol. The van der Waals surface area contributed by atoms with Crippen molar-refractivity contribution in [1.82, 2.24) is 13.7 Å². The summed E-state index contributed by atoms with van der Waals surface area (Å²) in [5, 5.41) is 7.24. The van der Waals surface area contributed by atoms with Gasteiger partial charge in [0.1, 0.15) is 0 Å². The van der Waals surface area contributed by atoms with E-state index in [0.29, 0.717) is 0 Å². The second-order valence-electron chi connectivity index (χ2n) is 39.3. The van der Waals surface area contributed by atoms with Gasteiger partial charge in [0.05, 0.1) is 67.2 Å². The molecule has 0 aliphatic carbocycles. The maximum absolute atomic E-state index is 2.80. The SMILES string of the molecule is CC(C)(C)c1cc(-c2ccc3c(c2)C2c4ccc(-n5c6ccc(C(C)(C)C)cc6c6cc(C(C)(C)C)ccc65)cc4N(c4c(-c5ccccc5)cc5c(c4-c4ccccc4)c4ccccc4n5-c4ccccc4)c4cc(C(C)(C)C)cc(c42)N3c2c(-c3ccccc3)cc3c(c2-c2ccccc2)c2ccccc2n3-c2ccccc2)cc(C(C)(C)C)c1. The first-order chi connectivity index (χ1) is 58.7. The minimum atomic E-state index is -0.399. The Labute approximate surface area is 718 Å². The first-order valence-electron chi connectivity index (χ1n) is 43.6. The van der Waals surface area contributed by atoms with Crippen molar-refractivity contribution in [1.29, 1.82) is 0 Å². The van der Waals surface area contributed by atoms with E-state index in [1.54, 1.807) is 0 Å². The van der Waals surface area contributed by atoms with Gasteiger partial charge in [-0.25, -0.2) is 0 Å². The normalized spacial score (nSPS) is 13.7. The molecule has 0 fully saturated rings. The Morgan fingerprint density at radius 2 is 0.582 bits per heavy atom. The van der Waals surface area contributed by atoms with Crippen LogP contribution in [0.3, 0.4) is 0 Å². The molecule has 0 amide bonds. The summed E-state index contributed by atoms with van der Waals surface area (Å²) in [7, 11) is 0. The summed E-state index contributed by atoms with van der Waals surface area (Å²) in [5.41, 5.74) is 37.7. The van der Waals surface area contributed by atoms with E-state index in [1.165, 1.54) is 99.0 Å². The van der Waals surface area contributed by atoms with Crippen LogP contribution in [0, 0.1) is 0 Å². The lowest BCUT2D eigenvalue weighted by molar-refractivity contribution is 0.569. The number of fused-ring (bicyclic) bond motifs is 13. The number of anilines is 6. The second kappa shape index (κ2) is 28.1. The van der Waals surface area contributed by atoms with Gasteiger partial charge in [-0.3, -0.25) is 0 Å². The molecule has 0 N–H and O–H groups in total. The molecule has 0 saturated carbocycles. The van der Waals surface area contributed by atoms with Crippen molar-refractivity contribution in [3.8, 4) is 72.7 Å². The summed E-state index contributed by atoms with van der Waals surface area (Å²) >= 11 is 0. The van der Waals surface area contributed by atoms with Gasteiger partial charge >= 0.3 is 0 Å². The molecule has 0 spiro atoms. The Balaban J connectivity index is 0.983. The highest BCUT2D eigenvalue weighted by Gasteiger charge is 2.46. The molecule has 16 aromatic carbocycles. The van der Waals surface area contributed by atoms with E-state index in [-0.39, 0.29) is 27.6 Å². The number of hydrogen-bond acceptors (Lipinski definition) is 2. The third kappa shape index (κ3) is 12.3. The molecule has 0 saturated heterocycles. The van der Waals surface area contributed by atoms with Crippen molar-refractivity contribution in [3.63, 3.8) is 0 Å². The predicted molar refractivity (Wildman–Crippen MR) is 520 cm³/mol. The zero-order valence-corrected chi connectivity index (χ0v) is 72.7. The van der Waals surface area contributed by atoms with Gasteiger partial charge in [0, 0.05) is 83.1 Å². The molecule has 122 heavy (non-hydrogen) atoms. The van der Waals surface area contributed by atoms with E-state index in [2.05, 4.69) is 473 Å².